The topological polar surface area (TPSA) is 46.5 Å². The average Bonchev–Trinajstić information content (AvgIpc) is 2.28. The van der Waals surface area contributed by atoms with Crippen molar-refractivity contribution in [3.8, 4) is 0 Å². The van der Waals surface area contributed by atoms with Crippen molar-refractivity contribution in [2.75, 3.05) is 6.61 Å². The van der Waals surface area contributed by atoms with Gasteiger partial charge < -0.3 is 9.84 Å². The molecule has 1 atom stereocenters. The molecule has 0 heterocycles. The number of carbonyl (C=O) groups is 1. The highest BCUT2D eigenvalue weighted by Crippen LogP contribution is 2.22. The smallest absolute Gasteiger partial charge is 0.308 e. The third-order valence-electron chi connectivity index (χ3n) is 3.00. The Balaban J connectivity index is 2.56. The molecule has 1 rings (SSSR count). The molecular formula is C16H24O3. The van der Waals surface area contributed by atoms with Crippen LogP contribution in [-0.4, -0.2) is 23.8 Å². The van der Waals surface area contributed by atoms with Crippen LogP contribution in [0.15, 0.2) is 24.3 Å². The van der Waals surface area contributed by atoms with Gasteiger partial charge in [-0.3, -0.25) is 4.79 Å². The van der Waals surface area contributed by atoms with E-state index < -0.39 is 6.10 Å². The molecule has 1 aromatic carbocycles. The van der Waals surface area contributed by atoms with E-state index in [1.165, 1.54) is 5.56 Å². The van der Waals surface area contributed by atoms with Crippen LogP contribution < -0.4 is 0 Å². The van der Waals surface area contributed by atoms with Gasteiger partial charge in [0.05, 0.1) is 19.1 Å². The first kappa shape index (κ1) is 15.7. The van der Waals surface area contributed by atoms with Gasteiger partial charge in [-0.2, -0.15) is 0 Å². The number of aliphatic hydroxyl groups excluding tert-OH is 1. The highest BCUT2D eigenvalue weighted by Gasteiger charge is 2.15. The van der Waals surface area contributed by atoms with Crippen LogP contribution in [0.5, 0.6) is 0 Å². The average molecular weight is 264 g/mol. The second-order valence-corrected chi connectivity index (χ2v) is 5.81. The number of ether oxygens (including phenoxy) is 1. The Morgan fingerprint density at radius 3 is 2.32 bits per heavy atom. The first-order valence-corrected chi connectivity index (χ1v) is 6.76. The lowest BCUT2D eigenvalue weighted by Crippen LogP contribution is -2.18. The first-order chi connectivity index (χ1) is 8.82. The molecule has 1 N–H and O–H groups in total. The van der Waals surface area contributed by atoms with Crippen molar-refractivity contribution in [1.29, 1.82) is 0 Å². The van der Waals surface area contributed by atoms with Crippen LogP contribution in [0.2, 0.25) is 0 Å². The molecule has 0 aliphatic heterocycles. The third-order valence-corrected chi connectivity index (χ3v) is 3.00. The Hall–Kier alpha value is -1.35. The van der Waals surface area contributed by atoms with E-state index in [0.717, 1.165) is 5.56 Å². The van der Waals surface area contributed by atoms with Gasteiger partial charge in [-0.15, -0.1) is 0 Å². The maximum Gasteiger partial charge on any atom is 0.308 e. The molecule has 0 spiro atoms. The third kappa shape index (κ3) is 5.43. The summed E-state index contributed by atoms with van der Waals surface area (Å²) >= 11 is 0. The Labute approximate surface area is 115 Å². The Bertz CT molecular complexity index is 401. The van der Waals surface area contributed by atoms with Crippen LogP contribution in [0.1, 0.15) is 45.2 Å². The minimum absolute atomic E-state index is 0.0505. The molecule has 0 saturated heterocycles. The van der Waals surface area contributed by atoms with Gasteiger partial charge in [0.2, 0.25) is 0 Å². The van der Waals surface area contributed by atoms with E-state index in [4.69, 9.17) is 4.74 Å². The molecule has 0 fully saturated rings. The number of esters is 1. The lowest BCUT2D eigenvalue weighted by atomic mass is 9.86. The summed E-state index contributed by atoms with van der Waals surface area (Å²) in [5, 5.41) is 9.83. The molecule has 0 unspecified atom stereocenters. The van der Waals surface area contributed by atoms with E-state index in [0.29, 0.717) is 13.0 Å². The molecule has 3 heteroatoms. The fourth-order valence-electron chi connectivity index (χ4n) is 1.90. The normalized spacial score (nSPS) is 13.1. The summed E-state index contributed by atoms with van der Waals surface area (Å²) in [7, 11) is 0. The van der Waals surface area contributed by atoms with E-state index in [1.807, 2.05) is 12.1 Å². The van der Waals surface area contributed by atoms with Crippen molar-refractivity contribution in [3.05, 3.63) is 35.4 Å². The Morgan fingerprint density at radius 1 is 1.26 bits per heavy atom. The van der Waals surface area contributed by atoms with Crippen LogP contribution >= 0.6 is 0 Å². The van der Waals surface area contributed by atoms with E-state index in [2.05, 4.69) is 32.9 Å². The SMILES string of the molecule is CCOC(=O)C[C@@H](O)Cc1ccc(C(C)(C)C)cc1. The highest BCUT2D eigenvalue weighted by molar-refractivity contribution is 5.69. The first-order valence-electron chi connectivity index (χ1n) is 6.76. The number of carbonyl (C=O) groups excluding carboxylic acids is 1. The molecule has 106 valence electrons. The number of benzene rings is 1. The van der Waals surface area contributed by atoms with Gasteiger partial charge in [-0.1, -0.05) is 45.0 Å². The van der Waals surface area contributed by atoms with Crippen molar-refractivity contribution in [1.82, 2.24) is 0 Å². The molecule has 0 amide bonds. The molecule has 1 aromatic rings. The monoisotopic (exact) mass is 264 g/mol. The van der Waals surface area contributed by atoms with Gasteiger partial charge in [-0.05, 0) is 29.9 Å². The van der Waals surface area contributed by atoms with Crippen LogP contribution in [0, 0.1) is 0 Å². The molecular weight excluding hydrogens is 240 g/mol. The van der Waals surface area contributed by atoms with Crippen molar-refractivity contribution in [3.63, 3.8) is 0 Å². The molecule has 0 aliphatic rings. The predicted octanol–water partition coefficient (Wildman–Crippen LogP) is 2.84. The molecule has 0 radical (unpaired) electrons. The van der Waals surface area contributed by atoms with Crippen LogP contribution in [-0.2, 0) is 21.4 Å². The number of rotatable bonds is 5. The van der Waals surface area contributed by atoms with Gasteiger partial charge in [0.25, 0.3) is 0 Å². The van der Waals surface area contributed by atoms with Gasteiger partial charge in [0.15, 0.2) is 0 Å². The van der Waals surface area contributed by atoms with Gasteiger partial charge in [0.1, 0.15) is 0 Å². The van der Waals surface area contributed by atoms with Gasteiger partial charge in [0, 0.05) is 0 Å². The molecule has 19 heavy (non-hydrogen) atoms. The lowest BCUT2D eigenvalue weighted by Gasteiger charge is -2.19. The summed E-state index contributed by atoms with van der Waals surface area (Å²) in [4.78, 5) is 11.2. The van der Waals surface area contributed by atoms with Crippen molar-refractivity contribution in [2.45, 2.75) is 52.1 Å². The maximum atomic E-state index is 11.2. The zero-order valence-electron chi connectivity index (χ0n) is 12.3. The van der Waals surface area contributed by atoms with Crippen molar-refractivity contribution in [2.24, 2.45) is 0 Å². The zero-order chi connectivity index (χ0) is 14.5. The van der Waals surface area contributed by atoms with E-state index in [1.54, 1.807) is 6.92 Å². The van der Waals surface area contributed by atoms with Crippen molar-refractivity contribution >= 4 is 5.97 Å². The quantitative estimate of drug-likeness (QED) is 0.832. The predicted molar refractivity (Wildman–Crippen MR) is 76.1 cm³/mol. The van der Waals surface area contributed by atoms with Crippen LogP contribution in [0.4, 0.5) is 0 Å². The molecule has 0 bridgehead atoms. The standard InChI is InChI=1S/C16H24O3/c1-5-19-15(18)11-14(17)10-12-6-8-13(9-7-12)16(2,3)4/h6-9,14,17H,5,10-11H2,1-4H3/t14-/m0/s1. The fraction of sp³-hybridized carbons (Fsp3) is 0.562. The molecule has 0 saturated carbocycles. The minimum Gasteiger partial charge on any atom is -0.466 e. The summed E-state index contributed by atoms with van der Waals surface area (Å²) in [5.74, 6) is -0.346. The zero-order valence-corrected chi connectivity index (χ0v) is 12.3. The second-order valence-electron chi connectivity index (χ2n) is 5.81. The minimum atomic E-state index is -0.681. The lowest BCUT2D eigenvalue weighted by molar-refractivity contribution is -0.145. The highest BCUT2D eigenvalue weighted by atomic mass is 16.5. The fourth-order valence-corrected chi connectivity index (χ4v) is 1.90. The van der Waals surface area contributed by atoms with Gasteiger partial charge in [-0.25, -0.2) is 0 Å². The number of hydrogen-bond acceptors (Lipinski definition) is 3. The maximum absolute atomic E-state index is 11.2. The summed E-state index contributed by atoms with van der Waals surface area (Å²) in [6.45, 7) is 8.61. The number of aliphatic hydroxyl groups is 1. The van der Waals surface area contributed by atoms with Crippen LogP contribution in [0.25, 0.3) is 0 Å². The Morgan fingerprint density at radius 2 is 1.84 bits per heavy atom. The summed E-state index contributed by atoms with van der Waals surface area (Å²) in [6, 6.07) is 8.17. The largest absolute Gasteiger partial charge is 0.466 e. The summed E-state index contributed by atoms with van der Waals surface area (Å²) in [6.07, 6.45) is -0.155. The number of hydrogen-bond donors (Lipinski definition) is 1. The summed E-state index contributed by atoms with van der Waals surface area (Å²) < 4.78 is 4.82. The van der Waals surface area contributed by atoms with Crippen LogP contribution in [0.3, 0.4) is 0 Å². The second kappa shape index (κ2) is 6.71. The molecule has 3 nitrogen and oxygen atoms in total. The van der Waals surface area contributed by atoms with E-state index in [-0.39, 0.29) is 17.8 Å². The summed E-state index contributed by atoms with van der Waals surface area (Å²) in [5.41, 5.74) is 2.42. The van der Waals surface area contributed by atoms with E-state index >= 15 is 0 Å². The van der Waals surface area contributed by atoms with Gasteiger partial charge >= 0.3 is 5.97 Å². The van der Waals surface area contributed by atoms with Crippen molar-refractivity contribution < 1.29 is 14.6 Å². The molecule has 0 aromatic heterocycles. The Kier molecular flexibility index (Phi) is 5.55. The molecule has 0 aliphatic carbocycles. The van der Waals surface area contributed by atoms with E-state index in [9.17, 15) is 9.90 Å².